The normalized spacial score (nSPS) is 11.6. The van der Waals surface area contributed by atoms with Crippen LogP contribution in [0.15, 0.2) is 59.4 Å². The van der Waals surface area contributed by atoms with E-state index in [0.29, 0.717) is 22.9 Å². The molecule has 0 saturated heterocycles. The predicted octanol–water partition coefficient (Wildman–Crippen LogP) is 3.44. The van der Waals surface area contributed by atoms with Crippen molar-refractivity contribution in [1.82, 2.24) is 9.78 Å². The second-order valence-electron chi connectivity index (χ2n) is 6.63. The van der Waals surface area contributed by atoms with Gasteiger partial charge in [0.1, 0.15) is 17.5 Å². The zero-order valence-corrected chi connectivity index (χ0v) is 16.8. The van der Waals surface area contributed by atoms with Gasteiger partial charge in [0.05, 0.1) is 19.9 Å². The standard InChI is InChI=1S/C22H23N3O4/c1-14-5-7-16(8-6-14)20-9-10-21(26)25(24-20)15(2)22(27)23-17-11-18(28-3)13-19(12-17)29-4/h5-13,15H,1-4H3,(H,23,27)/t15-/m1/s1. The summed E-state index contributed by atoms with van der Waals surface area (Å²) in [5.74, 6) is 0.712. The molecule has 1 aromatic heterocycles. The number of aromatic nitrogens is 2. The van der Waals surface area contributed by atoms with Gasteiger partial charge in [-0.2, -0.15) is 5.10 Å². The highest BCUT2D eigenvalue weighted by Crippen LogP contribution is 2.26. The minimum Gasteiger partial charge on any atom is -0.497 e. The van der Waals surface area contributed by atoms with Crippen molar-refractivity contribution in [2.24, 2.45) is 0 Å². The lowest BCUT2D eigenvalue weighted by Crippen LogP contribution is -2.33. The van der Waals surface area contributed by atoms with Gasteiger partial charge in [0.25, 0.3) is 5.56 Å². The van der Waals surface area contributed by atoms with Crippen LogP contribution in [0.25, 0.3) is 11.3 Å². The number of aryl methyl sites for hydroxylation is 1. The Balaban J connectivity index is 1.87. The van der Waals surface area contributed by atoms with E-state index in [2.05, 4.69) is 10.4 Å². The lowest BCUT2D eigenvalue weighted by molar-refractivity contribution is -0.119. The molecule has 3 rings (SSSR count). The maximum atomic E-state index is 12.8. The molecule has 29 heavy (non-hydrogen) atoms. The number of hydrogen-bond donors (Lipinski definition) is 1. The maximum absolute atomic E-state index is 12.8. The monoisotopic (exact) mass is 393 g/mol. The Hall–Kier alpha value is -3.61. The van der Waals surface area contributed by atoms with Crippen LogP contribution in [0.3, 0.4) is 0 Å². The Morgan fingerprint density at radius 2 is 1.62 bits per heavy atom. The number of benzene rings is 2. The molecule has 0 unspecified atom stereocenters. The molecule has 1 amide bonds. The molecule has 7 heteroatoms. The molecule has 3 aromatic rings. The van der Waals surface area contributed by atoms with E-state index in [1.165, 1.54) is 25.0 Å². The summed E-state index contributed by atoms with van der Waals surface area (Å²) in [7, 11) is 3.06. The van der Waals surface area contributed by atoms with Gasteiger partial charge in [0, 0.05) is 35.5 Å². The van der Waals surface area contributed by atoms with Crippen molar-refractivity contribution in [2.45, 2.75) is 19.9 Å². The van der Waals surface area contributed by atoms with Crippen LogP contribution >= 0.6 is 0 Å². The zero-order valence-electron chi connectivity index (χ0n) is 16.8. The highest BCUT2D eigenvalue weighted by Gasteiger charge is 2.19. The van der Waals surface area contributed by atoms with Gasteiger partial charge in [-0.3, -0.25) is 9.59 Å². The number of carbonyl (C=O) groups is 1. The smallest absolute Gasteiger partial charge is 0.267 e. The third-order valence-electron chi connectivity index (χ3n) is 4.54. The second kappa shape index (κ2) is 8.60. The third-order valence-corrected chi connectivity index (χ3v) is 4.54. The summed E-state index contributed by atoms with van der Waals surface area (Å²) in [6, 6.07) is 15.1. The van der Waals surface area contributed by atoms with Crippen LogP contribution in [0.5, 0.6) is 11.5 Å². The van der Waals surface area contributed by atoms with E-state index in [4.69, 9.17) is 9.47 Å². The highest BCUT2D eigenvalue weighted by molar-refractivity contribution is 5.93. The molecule has 1 atom stereocenters. The first kappa shape index (κ1) is 20.1. The average molecular weight is 393 g/mol. The van der Waals surface area contributed by atoms with E-state index in [1.54, 1.807) is 31.2 Å². The van der Waals surface area contributed by atoms with Gasteiger partial charge >= 0.3 is 0 Å². The molecular weight excluding hydrogens is 370 g/mol. The van der Waals surface area contributed by atoms with Crippen LogP contribution in [0, 0.1) is 6.92 Å². The maximum Gasteiger partial charge on any atom is 0.267 e. The molecule has 0 fully saturated rings. The van der Waals surface area contributed by atoms with Gasteiger partial charge in [-0.05, 0) is 19.9 Å². The molecule has 0 aliphatic heterocycles. The van der Waals surface area contributed by atoms with E-state index in [1.807, 2.05) is 31.2 Å². The fraction of sp³-hybridized carbons (Fsp3) is 0.227. The Morgan fingerprint density at radius 3 is 2.21 bits per heavy atom. The van der Waals surface area contributed by atoms with Gasteiger partial charge in [-0.1, -0.05) is 29.8 Å². The molecule has 150 valence electrons. The van der Waals surface area contributed by atoms with Crippen molar-refractivity contribution in [3.8, 4) is 22.8 Å². The number of amides is 1. The molecule has 0 spiro atoms. The van der Waals surface area contributed by atoms with Crippen molar-refractivity contribution < 1.29 is 14.3 Å². The van der Waals surface area contributed by atoms with Crippen LogP contribution in [0.2, 0.25) is 0 Å². The van der Waals surface area contributed by atoms with Crippen molar-refractivity contribution in [3.05, 3.63) is 70.5 Å². The number of carbonyl (C=O) groups excluding carboxylic acids is 1. The van der Waals surface area contributed by atoms with Gasteiger partial charge in [0.2, 0.25) is 5.91 Å². The Bertz CT molecular complexity index is 1050. The quantitative estimate of drug-likeness (QED) is 0.694. The summed E-state index contributed by atoms with van der Waals surface area (Å²) in [5.41, 5.74) is 2.76. The molecule has 0 saturated carbocycles. The van der Waals surface area contributed by atoms with E-state index >= 15 is 0 Å². The fourth-order valence-electron chi connectivity index (χ4n) is 2.82. The lowest BCUT2D eigenvalue weighted by Gasteiger charge is -2.16. The molecular formula is C22H23N3O4. The molecule has 0 aliphatic rings. The topological polar surface area (TPSA) is 82.5 Å². The highest BCUT2D eigenvalue weighted by atomic mass is 16.5. The minimum absolute atomic E-state index is 0.355. The molecule has 0 bridgehead atoms. The third kappa shape index (κ3) is 4.63. The van der Waals surface area contributed by atoms with Gasteiger partial charge in [0.15, 0.2) is 0 Å². The van der Waals surface area contributed by atoms with Crippen LogP contribution < -0.4 is 20.3 Å². The molecule has 1 heterocycles. The first-order valence-electron chi connectivity index (χ1n) is 9.12. The van der Waals surface area contributed by atoms with Crippen molar-refractivity contribution in [2.75, 3.05) is 19.5 Å². The summed E-state index contributed by atoms with van der Waals surface area (Å²) in [6.07, 6.45) is 0. The number of rotatable bonds is 6. The van der Waals surface area contributed by atoms with E-state index in [-0.39, 0.29) is 11.5 Å². The number of nitrogens with one attached hydrogen (secondary N) is 1. The summed E-state index contributed by atoms with van der Waals surface area (Å²) in [4.78, 5) is 25.1. The molecule has 7 nitrogen and oxygen atoms in total. The Labute approximate surface area is 168 Å². The Kier molecular flexibility index (Phi) is 5.97. The number of nitrogens with zero attached hydrogens (tertiary/aromatic N) is 2. The molecule has 0 radical (unpaired) electrons. The zero-order chi connectivity index (χ0) is 21.0. The first-order valence-corrected chi connectivity index (χ1v) is 9.12. The first-order chi connectivity index (χ1) is 13.9. The lowest BCUT2D eigenvalue weighted by atomic mass is 10.1. The van der Waals surface area contributed by atoms with Crippen LogP contribution in [0.4, 0.5) is 5.69 Å². The summed E-state index contributed by atoms with van der Waals surface area (Å²) >= 11 is 0. The SMILES string of the molecule is COc1cc(NC(=O)[C@@H](C)n2nc(-c3ccc(C)cc3)ccc2=O)cc(OC)c1. The predicted molar refractivity (Wildman–Crippen MR) is 112 cm³/mol. The van der Waals surface area contributed by atoms with Crippen molar-refractivity contribution in [1.29, 1.82) is 0 Å². The second-order valence-corrected chi connectivity index (χ2v) is 6.63. The van der Waals surface area contributed by atoms with Crippen LogP contribution in [-0.4, -0.2) is 29.9 Å². The van der Waals surface area contributed by atoms with Crippen LogP contribution in [0.1, 0.15) is 18.5 Å². The van der Waals surface area contributed by atoms with E-state index in [9.17, 15) is 9.59 Å². The van der Waals surface area contributed by atoms with Crippen molar-refractivity contribution in [3.63, 3.8) is 0 Å². The fourth-order valence-corrected chi connectivity index (χ4v) is 2.82. The van der Waals surface area contributed by atoms with Gasteiger partial charge in [-0.15, -0.1) is 0 Å². The van der Waals surface area contributed by atoms with Crippen LogP contribution in [-0.2, 0) is 4.79 Å². The largest absolute Gasteiger partial charge is 0.497 e. The number of hydrogen-bond acceptors (Lipinski definition) is 5. The summed E-state index contributed by atoms with van der Waals surface area (Å²) < 4.78 is 11.6. The molecule has 1 N–H and O–H groups in total. The number of methoxy groups -OCH3 is 2. The summed E-state index contributed by atoms with van der Waals surface area (Å²) in [5, 5.41) is 7.18. The van der Waals surface area contributed by atoms with Gasteiger partial charge in [-0.25, -0.2) is 4.68 Å². The molecule has 2 aromatic carbocycles. The van der Waals surface area contributed by atoms with Crippen molar-refractivity contribution >= 4 is 11.6 Å². The number of anilines is 1. The summed E-state index contributed by atoms with van der Waals surface area (Å²) in [6.45, 7) is 3.62. The van der Waals surface area contributed by atoms with Gasteiger partial charge < -0.3 is 14.8 Å². The average Bonchev–Trinajstić information content (AvgIpc) is 2.73. The Morgan fingerprint density at radius 1 is 1.00 bits per heavy atom. The molecule has 0 aliphatic carbocycles. The number of ether oxygens (including phenoxy) is 2. The van der Waals surface area contributed by atoms with E-state index < -0.39 is 6.04 Å². The van der Waals surface area contributed by atoms with E-state index in [0.717, 1.165) is 11.1 Å². The minimum atomic E-state index is -0.815.